The quantitative estimate of drug-likeness (QED) is 0.747. The first-order valence-electron chi connectivity index (χ1n) is 7.50. The molecule has 5 unspecified atom stereocenters. The predicted molar refractivity (Wildman–Crippen MR) is 67.1 cm³/mol. The van der Waals surface area contributed by atoms with Crippen LogP contribution < -0.4 is 5.32 Å². The van der Waals surface area contributed by atoms with Gasteiger partial charge in [0.1, 0.15) is 0 Å². The van der Waals surface area contributed by atoms with Crippen molar-refractivity contribution < 1.29 is 9.53 Å². The summed E-state index contributed by atoms with van der Waals surface area (Å²) in [6.07, 6.45) is 6.78. The van der Waals surface area contributed by atoms with Crippen molar-refractivity contribution in [3.05, 3.63) is 0 Å². The van der Waals surface area contributed by atoms with Crippen LogP contribution in [0.1, 0.15) is 32.1 Å². The van der Waals surface area contributed by atoms with E-state index in [1.807, 2.05) is 0 Å². The van der Waals surface area contributed by atoms with Gasteiger partial charge in [-0.1, -0.05) is 6.42 Å². The third kappa shape index (κ3) is 1.62. The highest BCUT2D eigenvalue weighted by molar-refractivity contribution is 5.82. The first-order chi connectivity index (χ1) is 8.83. The number of carbonyl (C=O) groups excluding carboxylic acids is 1. The highest BCUT2D eigenvalue weighted by Crippen LogP contribution is 2.47. The molecular weight excluding hydrogens is 228 g/mol. The summed E-state index contributed by atoms with van der Waals surface area (Å²) < 4.78 is 5.96. The van der Waals surface area contributed by atoms with Crippen LogP contribution in [0.15, 0.2) is 0 Å². The predicted octanol–water partition coefficient (Wildman–Crippen LogP) is 0.764. The number of fused-ring (bicyclic) bond motifs is 5. The highest BCUT2D eigenvalue weighted by atomic mass is 16.5. The molecule has 4 aliphatic rings. The van der Waals surface area contributed by atoms with E-state index in [1.165, 1.54) is 25.7 Å². The van der Waals surface area contributed by atoms with Crippen molar-refractivity contribution in [3.8, 4) is 0 Å². The minimum Gasteiger partial charge on any atom is -0.374 e. The number of likely N-dealkylation sites (tertiary alicyclic amines) is 1. The van der Waals surface area contributed by atoms with E-state index in [-0.39, 0.29) is 6.04 Å². The Morgan fingerprint density at radius 3 is 2.39 bits per heavy atom. The van der Waals surface area contributed by atoms with E-state index >= 15 is 0 Å². The lowest BCUT2D eigenvalue weighted by atomic mass is 9.82. The molecule has 4 heterocycles. The normalized spacial score (nSPS) is 46.4. The lowest BCUT2D eigenvalue weighted by Gasteiger charge is -2.28. The van der Waals surface area contributed by atoms with Crippen LogP contribution in [-0.4, -0.2) is 48.7 Å². The molecule has 4 rings (SSSR count). The van der Waals surface area contributed by atoms with Crippen molar-refractivity contribution in [2.75, 3.05) is 19.6 Å². The Morgan fingerprint density at radius 2 is 1.78 bits per heavy atom. The zero-order valence-corrected chi connectivity index (χ0v) is 10.8. The third-order valence-electron chi connectivity index (χ3n) is 5.37. The minimum atomic E-state index is 0.0937. The van der Waals surface area contributed by atoms with Crippen LogP contribution in [0.4, 0.5) is 0 Å². The summed E-state index contributed by atoms with van der Waals surface area (Å²) in [6, 6.07) is 0.0937. The molecule has 4 fully saturated rings. The number of carbonyl (C=O) groups is 1. The Labute approximate surface area is 108 Å². The molecule has 1 N–H and O–H groups in total. The average molecular weight is 250 g/mol. The van der Waals surface area contributed by atoms with Crippen molar-refractivity contribution in [1.29, 1.82) is 0 Å². The van der Waals surface area contributed by atoms with Crippen LogP contribution in [0.2, 0.25) is 0 Å². The molecule has 1 amide bonds. The first kappa shape index (κ1) is 11.2. The average Bonchev–Trinajstić information content (AvgIpc) is 3.10. The van der Waals surface area contributed by atoms with Gasteiger partial charge in [0.15, 0.2) is 0 Å². The molecule has 0 aliphatic carbocycles. The van der Waals surface area contributed by atoms with E-state index in [0.717, 1.165) is 26.1 Å². The SMILES string of the molecule is O=C(C1CCCCN1)N1CC2C3CCC(O3)C2C1. The molecule has 0 aromatic carbocycles. The van der Waals surface area contributed by atoms with Gasteiger partial charge < -0.3 is 15.0 Å². The molecular formula is C14H22N2O2. The fraction of sp³-hybridized carbons (Fsp3) is 0.929. The molecule has 4 heteroatoms. The van der Waals surface area contributed by atoms with Crippen molar-refractivity contribution in [1.82, 2.24) is 10.2 Å². The first-order valence-corrected chi connectivity index (χ1v) is 7.50. The van der Waals surface area contributed by atoms with Gasteiger partial charge in [-0.25, -0.2) is 0 Å². The van der Waals surface area contributed by atoms with E-state index in [1.54, 1.807) is 0 Å². The summed E-state index contributed by atoms with van der Waals surface area (Å²) in [4.78, 5) is 14.6. The lowest BCUT2D eigenvalue weighted by molar-refractivity contribution is -0.133. The number of rotatable bonds is 1. The summed E-state index contributed by atoms with van der Waals surface area (Å²) in [7, 11) is 0. The fourth-order valence-electron chi connectivity index (χ4n) is 4.42. The zero-order valence-electron chi connectivity index (χ0n) is 10.8. The summed E-state index contributed by atoms with van der Waals surface area (Å²) >= 11 is 0. The van der Waals surface area contributed by atoms with Gasteiger partial charge in [-0.3, -0.25) is 4.79 Å². The second-order valence-corrected chi connectivity index (χ2v) is 6.36. The van der Waals surface area contributed by atoms with Gasteiger partial charge in [0.25, 0.3) is 0 Å². The fourth-order valence-corrected chi connectivity index (χ4v) is 4.42. The summed E-state index contributed by atoms with van der Waals surface area (Å²) in [5, 5.41) is 3.38. The zero-order chi connectivity index (χ0) is 12.1. The molecule has 100 valence electrons. The van der Waals surface area contributed by atoms with Crippen LogP contribution in [-0.2, 0) is 9.53 Å². The number of amides is 1. The maximum atomic E-state index is 12.5. The molecule has 18 heavy (non-hydrogen) atoms. The molecule has 0 radical (unpaired) electrons. The minimum absolute atomic E-state index is 0.0937. The molecule has 0 spiro atoms. The van der Waals surface area contributed by atoms with Crippen molar-refractivity contribution >= 4 is 5.91 Å². The number of ether oxygens (including phenoxy) is 1. The van der Waals surface area contributed by atoms with Crippen LogP contribution >= 0.6 is 0 Å². The molecule has 5 atom stereocenters. The van der Waals surface area contributed by atoms with Gasteiger partial charge in [0.2, 0.25) is 5.91 Å². The lowest BCUT2D eigenvalue weighted by Crippen LogP contribution is -2.48. The topological polar surface area (TPSA) is 41.6 Å². The number of nitrogens with one attached hydrogen (secondary N) is 1. The summed E-state index contributed by atoms with van der Waals surface area (Å²) in [6.45, 7) is 2.90. The van der Waals surface area contributed by atoms with Crippen LogP contribution in [0.25, 0.3) is 0 Å². The van der Waals surface area contributed by atoms with Gasteiger partial charge >= 0.3 is 0 Å². The molecule has 4 nitrogen and oxygen atoms in total. The second-order valence-electron chi connectivity index (χ2n) is 6.36. The van der Waals surface area contributed by atoms with Gasteiger partial charge in [0.05, 0.1) is 18.2 Å². The van der Waals surface area contributed by atoms with E-state index in [4.69, 9.17) is 4.74 Å². The smallest absolute Gasteiger partial charge is 0.239 e. The molecule has 2 bridgehead atoms. The van der Waals surface area contributed by atoms with Crippen molar-refractivity contribution in [2.45, 2.75) is 50.4 Å². The summed E-state index contributed by atoms with van der Waals surface area (Å²) in [5.74, 6) is 1.62. The second kappa shape index (κ2) is 4.20. The number of hydrogen-bond acceptors (Lipinski definition) is 3. The van der Waals surface area contributed by atoms with Gasteiger partial charge in [0, 0.05) is 24.9 Å². The van der Waals surface area contributed by atoms with Crippen LogP contribution in [0.5, 0.6) is 0 Å². The maximum absolute atomic E-state index is 12.5. The third-order valence-corrected chi connectivity index (χ3v) is 5.37. The Morgan fingerprint density at radius 1 is 1.06 bits per heavy atom. The number of piperidine rings is 1. The van der Waals surface area contributed by atoms with Crippen molar-refractivity contribution in [3.63, 3.8) is 0 Å². The monoisotopic (exact) mass is 250 g/mol. The van der Waals surface area contributed by atoms with Crippen LogP contribution in [0, 0.1) is 11.8 Å². The van der Waals surface area contributed by atoms with Gasteiger partial charge in [-0.05, 0) is 32.2 Å². The molecule has 0 aromatic heterocycles. The van der Waals surface area contributed by atoms with Crippen molar-refractivity contribution in [2.24, 2.45) is 11.8 Å². The summed E-state index contributed by atoms with van der Waals surface area (Å²) in [5.41, 5.74) is 0. The van der Waals surface area contributed by atoms with Gasteiger partial charge in [-0.2, -0.15) is 0 Å². The van der Waals surface area contributed by atoms with E-state index < -0.39 is 0 Å². The van der Waals surface area contributed by atoms with E-state index in [0.29, 0.717) is 30.0 Å². The molecule has 0 saturated carbocycles. The highest BCUT2D eigenvalue weighted by Gasteiger charge is 2.54. The maximum Gasteiger partial charge on any atom is 0.239 e. The van der Waals surface area contributed by atoms with Crippen LogP contribution in [0.3, 0.4) is 0 Å². The number of nitrogens with zero attached hydrogens (tertiary/aromatic N) is 1. The Balaban J connectivity index is 1.43. The Hall–Kier alpha value is -0.610. The largest absolute Gasteiger partial charge is 0.374 e. The van der Waals surface area contributed by atoms with E-state index in [9.17, 15) is 4.79 Å². The van der Waals surface area contributed by atoms with Gasteiger partial charge in [-0.15, -0.1) is 0 Å². The van der Waals surface area contributed by atoms with E-state index in [2.05, 4.69) is 10.2 Å². The molecule has 4 aliphatic heterocycles. The Bertz CT molecular complexity index is 336. The standard InChI is InChI=1S/C14H22N2O2/c17-14(11-3-1-2-6-15-11)16-7-9-10(8-16)13-5-4-12(9)18-13/h9-13,15H,1-8H2. The Kier molecular flexibility index (Phi) is 2.62. The molecule has 0 aromatic rings. The molecule has 4 saturated heterocycles. The number of hydrogen-bond donors (Lipinski definition) is 1.